The zero-order valence-electron chi connectivity index (χ0n) is 19.7. The number of benzene rings is 2. The van der Waals surface area contributed by atoms with Crippen molar-refractivity contribution in [3.8, 4) is 11.4 Å². The number of carbonyl (C=O) groups excluding carboxylic acids is 1. The van der Waals surface area contributed by atoms with Gasteiger partial charge < -0.3 is 9.84 Å². The molecule has 0 saturated carbocycles. The molecule has 0 bridgehead atoms. The Morgan fingerprint density at radius 2 is 1.91 bits per heavy atom. The Labute approximate surface area is 200 Å². The fourth-order valence-corrected chi connectivity index (χ4v) is 5.91. The molecular weight excluding hydrogens is 452 g/mol. The molecule has 1 N–H and O–H groups in total. The number of piperidine rings is 1. The van der Waals surface area contributed by atoms with Crippen molar-refractivity contribution in [2.24, 2.45) is 5.92 Å². The molecule has 1 amide bonds. The zero-order chi connectivity index (χ0) is 24.3. The van der Waals surface area contributed by atoms with Crippen molar-refractivity contribution >= 4 is 15.9 Å². The molecule has 0 radical (unpaired) electrons. The van der Waals surface area contributed by atoms with E-state index in [2.05, 4.69) is 15.5 Å². The Balaban J connectivity index is 1.41. The van der Waals surface area contributed by atoms with Gasteiger partial charge in [-0.3, -0.25) is 4.79 Å². The molecule has 0 aliphatic carbocycles. The molecule has 3 aromatic rings. The van der Waals surface area contributed by atoms with Gasteiger partial charge in [-0.2, -0.15) is 9.29 Å². The fraction of sp³-hybridized carbons (Fsp3) is 0.400. The first-order valence-corrected chi connectivity index (χ1v) is 13.0. The first kappa shape index (κ1) is 24.1. The molecular formula is C25H30N4O4S. The summed E-state index contributed by atoms with van der Waals surface area (Å²) >= 11 is 0. The minimum absolute atomic E-state index is 0.0273. The van der Waals surface area contributed by atoms with Crippen molar-refractivity contribution in [3.63, 3.8) is 0 Å². The largest absolute Gasteiger partial charge is 0.352 e. The molecule has 2 aromatic carbocycles. The van der Waals surface area contributed by atoms with E-state index in [1.165, 1.54) is 4.31 Å². The van der Waals surface area contributed by atoms with E-state index in [9.17, 15) is 13.2 Å². The maximum atomic E-state index is 13.4. The molecule has 4 rings (SSSR count). The van der Waals surface area contributed by atoms with Crippen molar-refractivity contribution in [2.45, 2.75) is 51.5 Å². The molecule has 2 heterocycles. The lowest BCUT2D eigenvalue weighted by molar-refractivity contribution is -0.126. The van der Waals surface area contributed by atoms with E-state index in [4.69, 9.17) is 4.52 Å². The highest BCUT2D eigenvalue weighted by atomic mass is 32.2. The first-order chi connectivity index (χ1) is 16.3. The molecule has 180 valence electrons. The van der Waals surface area contributed by atoms with Gasteiger partial charge in [0.1, 0.15) is 0 Å². The van der Waals surface area contributed by atoms with E-state index >= 15 is 0 Å². The lowest BCUT2D eigenvalue weighted by Gasteiger charge is -2.31. The molecule has 1 aromatic heterocycles. The Bertz CT molecular complexity index is 1280. The number of nitrogens with one attached hydrogen (secondary N) is 1. The zero-order valence-corrected chi connectivity index (χ0v) is 20.6. The number of hydrogen-bond acceptors (Lipinski definition) is 6. The van der Waals surface area contributed by atoms with Crippen molar-refractivity contribution in [3.05, 3.63) is 65.0 Å². The molecule has 8 nitrogen and oxygen atoms in total. The van der Waals surface area contributed by atoms with E-state index < -0.39 is 10.0 Å². The van der Waals surface area contributed by atoms with Gasteiger partial charge in [0.25, 0.3) is 0 Å². The van der Waals surface area contributed by atoms with Crippen LogP contribution < -0.4 is 5.32 Å². The van der Waals surface area contributed by atoms with E-state index in [0.29, 0.717) is 61.7 Å². The first-order valence-electron chi connectivity index (χ1n) is 11.5. The summed E-state index contributed by atoms with van der Waals surface area (Å²) in [6.07, 6.45) is 1.59. The molecule has 1 aliphatic rings. The molecule has 0 atom stereocenters. The maximum Gasteiger partial charge on any atom is 0.243 e. The second-order valence-corrected chi connectivity index (χ2v) is 10.6. The Morgan fingerprint density at radius 3 is 2.59 bits per heavy atom. The average Bonchev–Trinajstić information content (AvgIpc) is 3.32. The predicted octanol–water partition coefficient (Wildman–Crippen LogP) is 3.63. The van der Waals surface area contributed by atoms with Crippen LogP contribution in [0.25, 0.3) is 11.4 Å². The smallest absolute Gasteiger partial charge is 0.243 e. The van der Waals surface area contributed by atoms with Crippen LogP contribution in [0.4, 0.5) is 0 Å². The highest BCUT2D eigenvalue weighted by Crippen LogP contribution is 2.29. The van der Waals surface area contributed by atoms with Crippen molar-refractivity contribution in [1.29, 1.82) is 0 Å². The van der Waals surface area contributed by atoms with Crippen LogP contribution in [-0.2, 0) is 27.8 Å². The summed E-state index contributed by atoms with van der Waals surface area (Å²) in [6, 6.07) is 13.2. The second-order valence-electron chi connectivity index (χ2n) is 8.73. The lowest BCUT2D eigenvalue weighted by atomic mass is 9.97. The van der Waals surface area contributed by atoms with Gasteiger partial charge in [0.15, 0.2) is 0 Å². The highest BCUT2D eigenvalue weighted by Gasteiger charge is 2.33. The topological polar surface area (TPSA) is 105 Å². The number of rotatable bonds is 7. The number of carbonyl (C=O) groups is 1. The van der Waals surface area contributed by atoms with Crippen molar-refractivity contribution < 1.29 is 17.7 Å². The summed E-state index contributed by atoms with van der Waals surface area (Å²) < 4.78 is 33.5. The average molecular weight is 483 g/mol. The summed E-state index contributed by atoms with van der Waals surface area (Å²) in [4.78, 5) is 17.2. The summed E-state index contributed by atoms with van der Waals surface area (Å²) in [6.45, 7) is 6.78. The predicted molar refractivity (Wildman–Crippen MR) is 128 cm³/mol. The Morgan fingerprint density at radius 1 is 1.15 bits per heavy atom. The van der Waals surface area contributed by atoms with E-state index in [0.717, 1.165) is 11.1 Å². The Kier molecular flexibility index (Phi) is 7.13. The van der Waals surface area contributed by atoms with Gasteiger partial charge in [-0.1, -0.05) is 54.0 Å². The van der Waals surface area contributed by atoms with Crippen LogP contribution in [0.3, 0.4) is 0 Å². The third-order valence-electron chi connectivity index (χ3n) is 6.21. The number of hydrogen-bond donors (Lipinski definition) is 1. The normalized spacial score (nSPS) is 15.4. The standard InChI is InChI=1S/C25H30N4O4S/c1-4-23-27-24(28-33-23)21-9-8-18(3)22(15-21)34(31,32)29-12-10-20(11-13-29)25(30)26-16-19-7-5-6-17(2)14-19/h5-9,14-15,20H,4,10-13,16H2,1-3H3,(H,26,30). The van der Waals surface area contributed by atoms with Crippen molar-refractivity contribution in [2.75, 3.05) is 13.1 Å². The second kappa shape index (κ2) is 10.1. The van der Waals surface area contributed by atoms with Gasteiger partial charge in [0.2, 0.25) is 27.6 Å². The minimum Gasteiger partial charge on any atom is -0.352 e. The van der Waals surface area contributed by atoms with Crippen LogP contribution in [0.5, 0.6) is 0 Å². The third kappa shape index (κ3) is 5.20. The molecule has 1 saturated heterocycles. The molecule has 1 fully saturated rings. The summed E-state index contributed by atoms with van der Waals surface area (Å²) in [7, 11) is -3.72. The summed E-state index contributed by atoms with van der Waals surface area (Å²) in [5.74, 6) is 0.649. The van der Waals surface area contributed by atoms with Gasteiger partial charge in [0, 0.05) is 37.5 Å². The summed E-state index contributed by atoms with van der Waals surface area (Å²) in [5, 5.41) is 6.95. The molecule has 9 heteroatoms. The minimum atomic E-state index is -3.72. The monoisotopic (exact) mass is 482 g/mol. The molecule has 34 heavy (non-hydrogen) atoms. The van der Waals surface area contributed by atoms with Crippen LogP contribution in [0.1, 0.15) is 42.3 Å². The van der Waals surface area contributed by atoms with Gasteiger partial charge in [-0.25, -0.2) is 8.42 Å². The molecule has 1 aliphatic heterocycles. The van der Waals surface area contributed by atoms with Crippen molar-refractivity contribution in [1.82, 2.24) is 19.8 Å². The van der Waals surface area contributed by atoms with Crippen LogP contribution in [-0.4, -0.2) is 41.9 Å². The number of aromatic nitrogens is 2. The fourth-order valence-electron chi connectivity index (χ4n) is 4.19. The SMILES string of the molecule is CCc1nc(-c2ccc(C)c(S(=O)(=O)N3CCC(C(=O)NCc4cccc(C)c4)CC3)c2)no1. The Hall–Kier alpha value is -3.04. The number of sulfonamides is 1. The highest BCUT2D eigenvalue weighted by molar-refractivity contribution is 7.89. The van der Waals surface area contributed by atoms with Gasteiger partial charge in [-0.15, -0.1) is 0 Å². The number of nitrogens with zero attached hydrogens (tertiary/aromatic N) is 3. The molecule has 0 unspecified atom stereocenters. The lowest BCUT2D eigenvalue weighted by Crippen LogP contribution is -2.43. The summed E-state index contributed by atoms with van der Waals surface area (Å²) in [5.41, 5.74) is 3.45. The maximum absolute atomic E-state index is 13.4. The van der Waals surface area contributed by atoms with E-state index in [-0.39, 0.29) is 16.7 Å². The van der Waals surface area contributed by atoms with Crippen LogP contribution in [0, 0.1) is 19.8 Å². The third-order valence-corrected chi connectivity index (χ3v) is 8.25. The van der Waals surface area contributed by atoms with Gasteiger partial charge in [-0.05, 0) is 43.9 Å². The van der Waals surface area contributed by atoms with Crippen LogP contribution >= 0.6 is 0 Å². The van der Waals surface area contributed by atoms with Crippen LogP contribution in [0.15, 0.2) is 51.9 Å². The van der Waals surface area contributed by atoms with Crippen LogP contribution in [0.2, 0.25) is 0 Å². The molecule has 0 spiro atoms. The van der Waals surface area contributed by atoms with E-state index in [1.54, 1.807) is 25.1 Å². The number of aryl methyl sites for hydroxylation is 3. The van der Waals surface area contributed by atoms with Gasteiger partial charge in [0.05, 0.1) is 4.90 Å². The quantitative estimate of drug-likeness (QED) is 0.551. The van der Waals surface area contributed by atoms with E-state index in [1.807, 2.05) is 38.1 Å². The number of amides is 1. The van der Waals surface area contributed by atoms with Gasteiger partial charge >= 0.3 is 0 Å².